The molecule has 0 fully saturated rings. The highest BCUT2D eigenvalue weighted by atomic mass is 16.7. The number of carboxylic acids is 1. The molecule has 0 heterocycles. The third kappa shape index (κ3) is 7.32. The van der Waals surface area contributed by atoms with Crippen molar-refractivity contribution in [3.63, 3.8) is 0 Å². The number of benzene rings is 2. The molecule has 0 bridgehead atoms. The Balaban J connectivity index is 1.26. The molecule has 1 aliphatic carbocycles. The number of hydroxylamine groups is 1. The van der Waals surface area contributed by atoms with Crippen LogP contribution in [0.3, 0.4) is 0 Å². The lowest BCUT2D eigenvalue weighted by atomic mass is 9.98. The van der Waals surface area contributed by atoms with Crippen LogP contribution in [0.15, 0.2) is 48.5 Å². The van der Waals surface area contributed by atoms with Gasteiger partial charge in [-0.3, -0.25) is 9.63 Å². The van der Waals surface area contributed by atoms with E-state index in [0.29, 0.717) is 19.6 Å². The topological polar surface area (TPSA) is 114 Å². The number of carbonyl (C=O) groups excluding carboxylic acids is 2. The van der Waals surface area contributed by atoms with E-state index in [1.54, 1.807) is 0 Å². The molecule has 2 amide bonds. The number of alkyl carbamates (subject to hydrolysis) is 1. The van der Waals surface area contributed by atoms with Crippen molar-refractivity contribution in [2.75, 3.05) is 19.8 Å². The first-order chi connectivity index (χ1) is 16.1. The second-order valence-corrected chi connectivity index (χ2v) is 7.98. The van der Waals surface area contributed by atoms with Crippen LogP contribution in [0.4, 0.5) is 4.79 Å². The fourth-order valence-corrected chi connectivity index (χ4v) is 4.01. The molecule has 0 saturated heterocycles. The number of aliphatic carboxylic acids is 1. The first-order valence-electron chi connectivity index (χ1n) is 11.3. The van der Waals surface area contributed by atoms with Gasteiger partial charge in [0.2, 0.25) is 5.91 Å². The van der Waals surface area contributed by atoms with Gasteiger partial charge < -0.3 is 15.2 Å². The van der Waals surface area contributed by atoms with Gasteiger partial charge in [-0.1, -0.05) is 67.8 Å². The number of ether oxygens (including phenoxy) is 1. The summed E-state index contributed by atoms with van der Waals surface area (Å²) in [6.45, 7) is 0.292. The van der Waals surface area contributed by atoms with E-state index in [0.717, 1.165) is 25.7 Å². The zero-order valence-corrected chi connectivity index (χ0v) is 18.5. The Hall–Kier alpha value is -3.39. The molecule has 0 atom stereocenters. The molecule has 8 heteroatoms. The molecule has 0 unspecified atom stereocenters. The van der Waals surface area contributed by atoms with Gasteiger partial charge in [0.15, 0.2) is 6.61 Å². The van der Waals surface area contributed by atoms with Crippen LogP contribution < -0.4 is 10.8 Å². The van der Waals surface area contributed by atoms with Crippen LogP contribution in [0.1, 0.15) is 55.6 Å². The number of hydrogen-bond donors (Lipinski definition) is 3. The zero-order chi connectivity index (χ0) is 23.5. The minimum Gasteiger partial charge on any atom is -0.479 e. The van der Waals surface area contributed by atoms with E-state index >= 15 is 0 Å². The number of amides is 2. The van der Waals surface area contributed by atoms with Gasteiger partial charge >= 0.3 is 12.1 Å². The molecule has 0 aromatic heterocycles. The Bertz CT molecular complexity index is 916. The van der Waals surface area contributed by atoms with E-state index in [1.165, 1.54) is 22.3 Å². The quantitative estimate of drug-likeness (QED) is 0.311. The SMILES string of the molecule is O=C(O)CONC(=O)CCCCCCCNC(=O)OCC1c2ccccc2-c2ccccc21. The number of hydrogen-bond acceptors (Lipinski definition) is 5. The summed E-state index contributed by atoms with van der Waals surface area (Å²) in [5.74, 6) is -1.41. The van der Waals surface area contributed by atoms with E-state index in [-0.39, 0.29) is 18.2 Å². The molecule has 0 saturated carbocycles. The second-order valence-electron chi connectivity index (χ2n) is 7.98. The van der Waals surface area contributed by atoms with Gasteiger partial charge in [0.05, 0.1) is 0 Å². The predicted molar refractivity (Wildman–Crippen MR) is 123 cm³/mol. The summed E-state index contributed by atoms with van der Waals surface area (Å²) in [6.07, 6.45) is 4.15. The molecule has 2 aromatic rings. The Morgan fingerprint density at radius 2 is 1.45 bits per heavy atom. The van der Waals surface area contributed by atoms with Crippen molar-refractivity contribution < 1.29 is 29.1 Å². The average Bonchev–Trinajstić information content (AvgIpc) is 3.13. The maximum absolute atomic E-state index is 12.1. The van der Waals surface area contributed by atoms with Crippen molar-refractivity contribution in [2.45, 2.75) is 44.4 Å². The van der Waals surface area contributed by atoms with Gasteiger partial charge in [-0.05, 0) is 35.1 Å². The smallest absolute Gasteiger partial charge is 0.407 e. The summed E-state index contributed by atoms with van der Waals surface area (Å²) >= 11 is 0. The molecular formula is C25H30N2O6. The summed E-state index contributed by atoms with van der Waals surface area (Å²) in [7, 11) is 0. The molecule has 0 aliphatic heterocycles. The van der Waals surface area contributed by atoms with Crippen molar-refractivity contribution in [1.82, 2.24) is 10.8 Å². The monoisotopic (exact) mass is 454 g/mol. The van der Waals surface area contributed by atoms with Crippen LogP contribution in [-0.2, 0) is 19.2 Å². The average molecular weight is 455 g/mol. The maximum Gasteiger partial charge on any atom is 0.407 e. The van der Waals surface area contributed by atoms with Gasteiger partial charge in [-0.15, -0.1) is 0 Å². The molecule has 3 N–H and O–H groups in total. The fourth-order valence-electron chi connectivity index (χ4n) is 4.01. The van der Waals surface area contributed by atoms with E-state index < -0.39 is 18.7 Å². The molecule has 0 radical (unpaired) electrons. The lowest BCUT2D eigenvalue weighted by Crippen LogP contribution is -2.27. The molecule has 33 heavy (non-hydrogen) atoms. The molecule has 8 nitrogen and oxygen atoms in total. The Morgan fingerprint density at radius 3 is 2.12 bits per heavy atom. The third-order valence-corrected chi connectivity index (χ3v) is 5.58. The Labute approximate surface area is 193 Å². The third-order valence-electron chi connectivity index (χ3n) is 5.58. The van der Waals surface area contributed by atoms with Gasteiger partial charge in [0.1, 0.15) is 6.61 Å². The van der Waals surface area contributed by atoms with Crippen molar-refractivity contribution >= 4 is 18.0 Å². The number of carboxylic acid groups (broad SMARTS) is 1. The van der Waals surface area contributed by atoms with Crippen molar-refractivity contribution in [2.24, 2.45) is 0 Å². The minimum absolute atomic E-state index is 0.0508. The number of nitrogens with one attached hydrogen (secondary N) is 2. The Kier molecular flexibility index (Phi) is 9.26. The van der Waals surface area contributed by atoms with Gasteiger partial charge in [0.25, 0.3) is 0 Å². The van der Waals surface area contributed by atoms with Crippen LogP contribution in [0, 0.1) is 0 Å². The normalized spacial score (nSPS) is 12.0. The number of rotatable bonds is 13. The van der Waals surface area contributed by atoms with Crippen LogP contribution in [0.5, 0.6) is 0 Å². The molecular weight excluding hydrogens is 424 g/mol. The van der Waals surface area contributed by atoms with E-state index in [1.807, 2.05) is 24.3 Å². The highest BCUT2D eigenvalue weighted by molar-refractivity contribution is 5.79. The summed E-state index contributed by atoms with van der Waals surface area (Å²) in [5, 5.41) is 11.2. The van der Waals surface area contributed by atoms with Crippen molar-refractivity contribution in [3.8, 4) is 11.1 Å². The first-order valence-corrected chi connectivity index (χ1v) is 11.3. The lowest BCUT2D eigenvalue weighted by Gasteiger charge is -2.14. The summed E-state index contributed by atoms with van der Waals surface area (Å²) in [6, 6.07) is 16.5. The van der Waals surface area contributed by atoms with Crippen molar-refractivity contribution in [3.05, 3.63) is 59.7 Å². The van der Waals surface area contributed by atoms with Gasteiger partial charge in [-0.2, -0.15) is 0 Å². The van der Waals surface area contributed by atoms with Crippen LogP contribution in [-0.4, -0.2) is 42.8 Å². The van der Waals surface area contributed by atoms with Crippen LogP contribution in [0.25, 0.3) is 11.1 Å². The number of carbonyl (C=O) groups is 3. The van der Waals surface area contributed by atoms with E-state index in [4.69, 9.17) is 9.84 Å². The van der Waals surface area contributed by atoms with Crippen LogP contribution >= 0.6 is 0 Å². The van der Waals surface area contributed by atoms with Gasteiger partial charge in [0, 0.05) is 18.9 Å². The standard InChI is InChI=1S/C25H30N2O6/c28-23(27-33-17-24(29)30)14-4-2-1-3-9-15-26-25(31)32-16-22-20-12-7-5-10-18(20)19-11-6-8-13-21(19)22/h5-8,10-13,22H,1-4,9,14-17H2,(H,26,31)(H,27,28)(H,29,30). The summed E-state index contributed by atoms with van der Waals surface area (Å²) < 4.78 is 5.52. The maximum atomic E-state index is 12.1. The van der Waals surface area contributed by atoms with E-state index in [2.05, 4.69) is 39.9 Å². The zero-order valence-electron chi connectivity index (χ0n) is 18.5. The summed E-state index contributed by atoms with van der Waals surface area (Å²) in [4.78, 5) is 38.4. The first kappa shape index (κ1) is 24.3. The van der Waals surface area contributed by atoms with Gasteiger partial charge in [-0.25, -0.2) is 15.1 Å². The highest BCUT2D eigenvalue weighted by Crippen LogP contribution is 2.44. The highest BCUT2D eigenvalue weighted by Gasteiger charge is 2.28. The number of fused-ring (bicyclic) bond motifs is 3. The second kappa shape index (κ2) is 12.6. The number of unbranched alkanes of at least 4 members (excludes halogenated alkanes) is 4. The largest absolute Gasteiger partial charge is 0.479 e. The molecule has 3 rings (SSSR count). The molecule has 1 aliphatic rings. The summed E-state index contributed by atoms with van der Waals surface area (Å²) in [5.41, 5.74) is 6.88. The fraction of sp³-hybridized carbons (Fsp3) is 0.400. The lowest BCUT2D eigenvalue weighted by molar-refractivity contribution is -0.149. The van der Waals surface area contributed by atoms with Crippen molar-refractivity contribution in [1.29, 1.82) is 0 Å². The Morgan fingerprint density at radius 1 is 0.848 bits per heavy atom. The molecule has 0 spiro atoms. The molecule has 176 valence electrons. The minimum atomic E-state index is -1.14. The van der Waals surface area contributed by atoms with E-state index in [9.17, 15) is 14.4 Å². The van der Waals surface area contributed by atoms with Crippen LogP contribution in [0.2, 0.25) is 0 Å². The predicted octanol–water partition coefficient (Wildman–Crippen LogP) is 4.00. The molecule has 2 aromatic carbocycles.